The molecule has 3 nitrogen and oxygen atoms in total. The van der Waals surface area contributed by atoms with Crippen molar-refractivity contribution >= 4 is 23.1 Å². The Balaban J connectivity index is 2.09. The summed E-state index contributed by atoms with van der Waals surface area (Å²) < 4.78 is 0. The standard InChI is InChI=1S/C15H19ClN2O/c1-11(13-4-2-3-5-14(13)16)8-15(19)18-7-6-12(9-17)10-18/h2-5,8,12H,6-7,9-10,17H2,1H3/b11-8-. The van der Waals surface area contributed by atoms with E-state index >= 15 is 0 Å². The van der Waals surface area contributed by atoms with E-state index in [1.54, 1.807) is 6.08 Å². The fourth-order valence-electron chi connectivity index (χ4n) is 2.36. The molecule has 0 saturated carbocycles. The molecule has 1 aliphatic heterocycles. The van der Waals surface area contributed by atoms with Crippen LogP contribution in [-0.2, 0) is 4.79 Å². The van der Waals surface area contributed by atoms with Gasteiger partial charge in [-0.15, -0.1) is 0 Å². The topological polar surface area (TPSA) is 46.3 Å². The summed E-state index contributed by atoms with van der Waals surface area (Å²) in [6.45, 7) is 4.13. The van der Waals surface area contributed by atoms with E-state index in [1.165, 1.54) is 0 Å². The SMILES string of the molecule is C/C(=C/C(=O)N1CCC(CN)C1)c1ccccc1Cl. The molecule has 1 unspecified atom stereocenters. The molecule has 102 valence electrons. The van der Waals surface area contributed by atoms with Crippen LogP contribution in [0.15, 0.2) is 30.3 Å². The molecular weight excluding hydrogens is 260 g/mol. The summed E-state index contributed by atoms with van der Waals surface area (Å²) in [7, 11) is 0. The predicted octanol–water partition coefficient (Wildman–Crippen LogP) is 2.55. The first kappa shape index (κ1) is 14.1. The van der Waals surface area contributed by atoms with Crippen molar-refractivity contribution in [1.82, 2.24) is 4.90 Å². The molecule has 1 aromatic carbocycles. The average molecular weight is 279 g/mol. The Morgan fingerprint density at radius 2 is 2.26 bits per heavy atom. The van der Waals surface area contributed by atoms with Gasteiger partial charge < -0.3 is 10.6 Å². The smallest absolute Gasteiger partial charge is 0.246 e. The van der Waals surface area contributed by atoms with Crippen LogP contribution in [0.4, 0.5) is 0 Å². The highest BCUT2D eigenvalue weighted by molar-refractivity contribution is 6.32. The maximum atomic E-state index is 12.2. The molecule has 1 amide bonds. The van der Waals surface area contributed by atoms with Gasteiger partial charge in [-0.2, -0.15) is 0 Å². The van der Waals surface area contributed by atoms with E-state index in [2.05, 4.69) is 0 Å². The Morgan fingerprint density at radius 3 is 2.89 bits per heavy atom. The van der Waals surface area contributed by atoms with E-state index in [4.69, 9.17) is 17.3 Å². The van der Waals surface area contributed by atoms with Gasteiger partial charge in [0.2, 0.25) is 5.91 Å². The van der Waals surface area contributed by atoms with Crippen LogP contribution in [0.1, 0.15) is 18.9 Å². The Hall–Kier alpha value is -1.32. The molecule has 2 rings (SSSR count). The van der Waals surface area contributed by atoms with Gasteiger partial charge in [-0.25, -0.2) is 0 Å². The Labute approximate surface area is 119 Å². The van der Waals surface area contributed by atoms with Crippen molar-refractivity contribution in [3.05, 3.63) is 40.9 Å². The first-order chi connectivity index (χ1) is 9.11. The number of hydrogen-bond donors (Lipinski definition) is 1. The third-order valence-corrected chi connectivity index (χ3v) is 3.90. The van der Waals surface area contributed by atoms with Crippen molar-refractivity contribution in [2.75, 3.05) is 19.6 Å². The fourth-order valence-corrected chi connectivity index (χ4v) is 2.65. The summed E-state index contributed by atoms with van der Waals surface area (Å²) in [6, 6.07) is 7.56. The number of allylic oxidation sites excluding steroid dienone is 1. The van der Waals surface area contributed by atoms with E-state index < -0.39 is 0 Å². The van der Waals surface area contributed by atoms with Gasteiger partial charge in [0, 0.05) is 24.2 Å². The molecule has 1 aromatic rings. The van der Waals surface area contributed by atoms with Gasteiger partial charge in [0.25, 0.3) is 0 Å². The number of halogens is 1. The minimum absolute atomic E-state index is 0.0494. The molecule has 1 saturated heterocycles. The number of benzene rings is 1. The molecule has 0 aliphatic carbocycles. The Bertz CT molecular complexity index is 499. The van der Waals surface area contributed by atoms with E-state index in [0.29, 0.717) is 17.5 Å². The monoisotopic (exact) mass is 278 g/mol. The van der Waals surface area contributed by atoms with Crippen molar-refractivity contribution in [3.63, 3.8) is 0 Å². The minimum atomic E-state index is 0.0494. The summed E-state index contributed by atoms with van der Waals surface area (Å²) in [5.74, 6) is 0.492. The third-order valence-electron chi connectivity index (χ3n) is 3.57. The molecule has 0 aromatic heterocycles. The van der Waals surface area contributed by atoms with Crippen LogP contribution in [0.3, 0.4) is 0 Å². The van der Waals surface area contributed by atoms with Crippen LogP contribution in [0.25, 0.3) is 5.57 Å². The molecule has 4 heteroatoms. The molecule has 1 heterocycles. The highest BCUT2D eigenvalue weighted by Crippen LogP contribution is 2.24. The van der Waals surface area contributed by atoms with Gasteiger partial charge in [0.15, 0.2) is 0 Å². The summed E-state index contributed by atoms with van der Waals surface area (Å²) in [6.07, 6.45) is 2.67. The van der Waals surface area contributed by atoms with Gasteiger partial charge in [-0.05, 0) is 43.0 Å². The number of rotatable bonds is 3. The number of nitrogens with two attached hydrogens (primary N) is 1. The van der Waals surface area contributed by atoms with E-state index in [-0.39, 0.29) is 5.91 Å². The van der Waals surface area contributed by atoms with Crippen LogP contribution in [0.2, 0.25) is 5.02 Å². The van der Waals surface area contributed by atoms with Crippen molar-refractivity contribution < 1.29 is 4.79 Å². The van der Waals surface area contributed by atoms with Crippen molar-refractivity contribution in [2.24, 2.45) is 11.7 Å². The first-order valence-electron chi connectivity index (χ1n) is 6.54. The molecular formula is C15H19ClN2O. The van der Waals surface area contributed by atoms with Crippen LogP contribution >= 0.6 is 11.6 Å². The largest absolute Gasteiger partial charge is 0.339 e. The van der Waals surface area contributed by atoms with Crippen molar-refractivity contribution in [1.29, 1.82) is 0 Å². The first-order valence-corrected chi connectivity index (χ1v) is 6.91. The Morgan fingerprint density at radius 1 is 1.53 bits per heavy atom. The zero-order chi connectivity index (χ0) is 13.8. The van der Waals surface area contributed by atoms with Crippen molar-refractivity contribution in [2.45, 2.75) is 13.3 Å². The van der Waals surface area contributed by atoms with Gasteiger partial charge >= 0.3 is 0 Å². The van der Waals surface area contributed by atoms with Crippen LogP contribution in [-0.4, -0.2) is 30.4 Å². The molecule has 1 aliphatic rings. The predicted molar refractivity (Wildman–Crippen MR) is 78.8 cm³/mol. The maximum absolute atomic E-state index is 12.2. The van der Waals surface area contributed by atoms with Crippen LogP contribution in [0.5, 0.6) is 0 Å². The number of hydrogen-bond acceptors (Lipinski definition) is 2. The summed E-state index contributed by atoms with van der Waals surface area (Å²) >= 11 is 6.13. The lowest BCUT2D eigenvalue weighted by molar-refractivity contribution is -0.125. The number of amides is 1. The second-order valence-corrected chi connectivity index (χ2v) is 5.39. The normalized spacial score (nSPS) is 19.8. The third kappa shape index (κ3) is 3.37. The average Bonchev–Trinajstić information content (AvgIpc) is 2.88. The molecule has 1 atom stereocenters. The second kappa shape index (κ2) is 6.22. The second-order valence-electron chi connectivity index (χ2n) is 4.98. The summed E-state index contributed by atoms with van der Waals surface area (Å²) in [5.41, 5.74) is 7.44. The molecule has 19 heavy (non-hydrogen) atoms. The van der Waals surface area contributed by atoms with Crippen LogP contribution < -0.4 is 5.73 Å². The fraction of sp³-hybridized carbons (Fsp3) is 0.400. The lowest BCUT2D eigenvalue weighted by Crippen LogP contribution is -2.28. The molecule has 0 spiro atoms. The number of carbonyl (C=O) groups is 1. The molecule has 0 radical (unpaired) electrons. The van der Waals surface area contributed by atoms with Gasteiger partial charge in [-0.1, -0.05) is 29.8 Å². The highest BCUT2D eigenvalue weighted by Gasteiger charge is 2.24. The van der Waals surface area contributed by atoms with Crippen molar-refractivity contribution in [3.8, 4) is 0 Å². The zero-order valence-corrected chi connectivity index (χ0v) is 11.9. The maximum Gasteiger partial charge on any atom is 0.246 e. The number of likely N-dealkylation sites (tertiary alicyclic amines) is 1. The van der Waals surface area contributed by atoms with Gasteiger partial charge in [-0.3, -0.25) is 4.79 Å². The highest BCUT2D eigenvalue weighted by atomic mass is 35.5. The van der Waals surface area contributed by atoms with E-state index in [0.717, 1.165) is 30.6 Å². The molecule has 1 fully saturated rings. The lowest BCUT2D eigenvalue weighted by Gasteiger charge is -2.14. The number of nitrogens with zero attached hydrogens (tertiary/aromatic N) is 1. The van der Waals surface area contributed by atoms with Gasteiger partial charge in [0.05, 0.1) is 0 Å². The Kier molecular flexibility index (Phi) is 4.61. The zero-order valence-electron chi connectivity index (χ0n) is 11.1. The van der Waals surface area contributed by atoms with E-state index in [9.17, 15) is 4.79 Å². The van der Waals surface area contributed by atoms with E-state index in [1.807, 2.05) is 36.1 Å². The summed E-state index contributed by atoms with van der Waals surface area (Å²) in [4.78, 5) is 14.0. The van der Waals surface area contributed by atoms with Gasteiger partial charge in [0.1, 0.15) is 0 Å². The number of carbonyl (C=O) groups excluding carboxylic acids is 1. The minimum Gasteiger partial charge on any atom is -0.339 e. The quantitative estimate of drug-likeness (QED) is 0.864. The summed E-state index contributed by atoms with van der Waals surface area (Å²) in [5, 5.41) is 0.672. The molecule has 2 N–H and O–H groups in total. The van der Waals surface area contributed by atoms with Crippen LogP contribution in [0, 0.1) is 5.92 Å². The lowest BCUT2D eigenvalue weighted by atomic mass is 10.1. The molecule has 0 bridgehead atoms.